The molecule has 37 heavy (non-hydrogen) atoms. The van der Waals surface area contributed by atoms with Gasteiger partial charge >= 0.3 is 0 Å². The molecule has 0 radical (unpaired) electrons. The summed E-state index contributed by atoms with van der Waals surface area (Å²) in [6, 6.07) is 18.2. The van der Waals surface area contributed by atoms with E-state index in [0.29, 0.717) is 30.4 Å². The van der Waals surface area contributed by atoms with Crippen molar-refractivity contribution in [3.63, 3.8) is 0 Å². The molecule has 5 rings (SSSR count). The van der Waals surface area contributed by atoms with Crippen molar-refractivity contribution in [2.75, 3.05) is 10.6 Å². The largest absolute Gasteiger partial charge is 0.486 e. The van der Waals surface area contributed by atoms with Gasteiger partial charge in [0.05, 0.1) is 18.7 Å². The highest BCUT2D eigenvalue weighted by molar-refractivity contribution is 6.09. The van der Waals surface area contributed by atoms with E-state index in [-0.39, 0.29) is 16.9 Å². The maximum absolute atomic E-state index is 12.8. The Hall–Kier alpha value is -3.80. The number of amidine groups is 1. The number of anilines is 2. The third-order valence-electron chi connectivity index (χ3n) is 8.01. The van der Waals surface area contributed by atoms with Crippen LogP contribution in [0, 0.1) is 5.92 Å². The van der Waals surface area contributed by atoms with Gasteiger partial charge in [-0.2, -0.15) is 0 Å². The van der Waals surface area contributed by atoms with Gasteiger partial charge in [-0.15, -0.1) is 0 Å². The van der Waals surface area contributed by atoms with E-state index in [1.54, 1.807) is 6.07 Å². The minimum Gasteiger partial charge on any atom is -0.486 e. The number of H-pyrrole nitrogens is 1. The molecular weight excluding hydrogens is 460 g/mol. The quantitative estimate of drug-likeness (QED) is 0.300. The van der Waals surface area contributed by atoms with Crippen molar-refractivity contribution >= 4 is 17.3 Å². The fourth-order valence-corrected chi connectivity index (χ4v) is 4.75. The zero-order valence-corrected chi connectivity index (χ0v) is 22.2. The minimum atomic E-state index is -0.0137. The predicted molar refractivity (Wildman–Crippen MR) is 152 cm³/mol. The van der Waals surface area contributed by atoms with Crippen LogP contribution < -0.4 is 20.8 Å². The fraction of sp³-hybridized carbons (Fsp3) is 0.355. The standard InChI is InChI=1S/C31H36N4O2/c1-6-31(5,19(2)3)22-9-7-21(8-10-22)29-33-18-26-27(36)16-24(34-30(26)35-29)17-32-23-11-13-25(14-12-23)37-28-15-20(28)4/h7-14,16,19,28,32H,4,6,15,17-18H2,1-3,5H3,(H2,33,34,35,36). The number of ether oxygens (including phenoxy) is 1. The van der Waals surface area contributed by atoms with Crippen LogP contribution in [-0.4, -0.2) is 16.9 Å². The van der Waals surface area contributed by atoms with Gasteiger partial charge in [-0.3, -0.25) is 9.79 Å². The summed E-state index contributed by atoms with van der Waals surface area (Å²) >= 11 is 0. The molecule has 2 heterocycles. The van der Waals surface area contributed by atoms with E-state index in [1.165, 1.54) is 5.56 Å². The Balaban J connectivity index is 1.26. The maximum atomic E-state index is 12.8. The smallest absolute Gasteiger partial charge is 0.189 e. The molecule has 2 aliphatic rings. The molecule has 6 heteroatoms. The van der Waals surface area contributed by atoms with Gasteiger partial charge in [0.2, 0.25) is 0 Å². The van der Waals surface area contributed by atoms with Gasteiger partial charge in [0.15, 0.2) is 5.43 Å². The lowest BCUT2D eigenvalue weighted by atomic mass is 9.71. The summed E-state index contributed by atoms with van der Waals surface area (Å²) in [6.45, 7) is 13.9. The fourth-order valence-electron chi connectivity index (χ4n) is 4.75. The maximum Gasteiger partial charge on any atom is 0.189 e. The number of aromatic amines is 1. The van der Waals surface area contributed by atoms with Gasteiger partial charge in [0.25, 0.3) is 0 Å². The van der Waals surface area contributed by atoms with Crippen molar-refractivity contribution in [3.8, 4) is 5.75 Å². The number of aliphatic imine (C=N–C) groups is 1. The SMILES string of the molecule is C=C1CC1Oc1ccc(NCc2cc(=O)c3c([nH]2)NC(c2ccc(C(C)(CC)C(C)C)cc2)=NC3)cc1. The van der Waals surface area contributed by atoms with E-state index >= 15 is 0 Å². The first kappa shape index (κ1) is 24.9. The molecule has 0 spiro atoms. The van der Waals surface area contributed by atoms with Crippen LogP contribution in [0.4, 0.5) is 11.5 Å². The van der Waals surface area contributed by atoms with Gasteiger partial charge in [-0.25, -0.2) is 0 Å². The molecule has 192 valence electrons. The molecule has 1 aliphatic heterocycles. The van der Waals surface area contributed by atoms with Crippen molar-refractivity contribution in [2.45, 2.75) is 65.1 Å². The van der Waals surface area contributed by atoms with Crippen molar-refractivity contribution in [2.24, 2.45) is 10.9 Å². The number of aromatic nitrogens is 1. The Morgan fingerprint density at radius 2 is 1.86 bits per heavy atom. The predicted octanol–water partition coefficient (Wildman–Crippen LogP) is 6.39. The Labute approximate surface area is 218 Å². The average molecular weight is 497 g/mol. The van der Waals surface area contributed by atoms with Crippen molar-refractivity contribution < 1.29 is 4.74 Å². The van der Waals surface area contributed by atoms with Crippen LogP contribution in [0.15, 0.2) is 76.5 Å². The van der Waals surface area contributed by atoms with Gasteiger partial charge < -0.3 is 20.4 Å². The van der Waals surface area contributed by atoms with E-state index in [0.717, 1.165) is 46.9 Å². The lowest BCUT2D eigenvalue weighted by Crippen LogP contribution is -2.28. The molecule has 0 bridgehead atoms. The zero-order valence-electron chi connectivity index (χ0n) is 22.2. The second kappa shape index (κ2) is 9.92. The molecule has 1 fully saturated rings. The molecule has 2 atom stereocenters. The molecule has 2 unspecified atom stereocenters. The molecule has 3 N–H and O–H groups in total. The number of fused-ring (bicyclic) bond motifs is 1. The highest BCUT2D eigenvalue weighted by atomic mass is 16.5. The molecular formula is C31H36N4O2. The lowest BCUT2D eigenvalue weighted by molar-refractivity contribution is 0.314. The van der Waals surface area contributed by atoms with E-state index in [4.69, 9.17) is 4.74 Å². The molecule has 0 amide bonds. The molecule has 0 saturated heterocycles. The number of benzene rings is 2. The Morgan fingerprint density at radius 3 is 2.49 bits per heavy atom. The van der Waals surface area contributed by atoms with Crippen LogP contribution >= 0.6 is 0 Å². The number of hydrogen-bond donors (Lipinski definition) is 3. The molecule has 2 aromatic carbocycles. The summed E-state index contributed by atoms with van der Waals surface area (Å²) in [5, 5.41) is 6.74. The monoisotopic (exact) mass is 496 g/mol. The average Bonchev–Trinajstić information content (AvgIpc) is 3.61. The number of nitrogens with one attached hydrogen (secondary N) is 3. The second-order valence-corrected chi connectivity index (χ2v) is 10.7. The molecule has 6 nitrogen and oxygen atoms in total. The number of hydrogen-bond acceptors (Lipinski definition) is 5. The first-order valence-electron chi connectivity index (χ1n) is 13.1. The Morgan fingerprint density at radius 1 is 1.16 bits per heavy atom. The zero-order chi connectivity index (χ0) is 26.2. The van der Waals surface area contributed by atoms with Crippen LogP contribution in [-0.2, 0) is 18.5 Å². The van der Waals surface area contributed by atoms with E-state index in [9.17, 15) is 4.79 Å². The molecule has 1 aliphatic carbocycles. The van der Waals surface area contributed by atoms with Crippen LogP contribution in [0.2, 0.25) is 0 Å². The van der Waals surface area contributed by atoms with Crippen molar-refractivity contribution in [3.05, 3.63) is 99.4 Å². The normalized spacial score (nSPS) is 17.9. The first-order chi connectivity index (χ1) is 17.8. The van der Waals surface area contributed by atoms with Crippen LogP contribution in [0.5, 0.6) is 5.75 Å². The minimum absolute atomic E-state index is 0.0137. The summed E-state index contributed by atoms with van der Waals surface area (Å²) in [7, 11) is 0. The number of nitrogens with zero attached hydrogens (tertiary/aromatic N) is 1. The van der Waals surface area contributed by atoms with Gasteiger partial charge in [0, 0.05) is 29.4 Å². The third kappa shape index (κ3) is 5.19. The van der Waals surface area contributed by atoms with Gasteiger partial charge in [0.1, 0.15) is 23.5 Å². The number of pyridine rings is 1. The second-order valence-electron chi connectivity index (χ2n) is 10.7. The van der Waals surface area contributed by atoms with Crippen LogP contribution in [0.3, 0.4) is 0 Å². The summed E-state index contributed by atoms with van der Waals surface area (Å²) in [4.78, 5) is 20.8. The lowest BCUT2D eigenvalue weighted by Gasteiger charge is -2.33. The topological polar surface area (TPSA) is 78.5 Å². The summed E-state index contributed by atoms with van der Waals surface area (Å²) in [5.41, 5.74) is 6.03. The molecule has 1 saturated carbocycles. The van der Waals surface area contributed by atoms with Crippen LogP contribution in [0.25, 0.3) is 0 Å². The summed E-state index contributed by atoms with van der Waals surface area (Å²) in [5.74, 6) is 2.87. The highest BCUT2D eigenvalue weighted by Gasteiger charge is 2.30. The van der Waals surface area contributed by atoms with Crippen molar-refractivity contribution in [1.82, 2.24) is 4.98 Å². The third-order valence-corrected chi connectivity index (χ3v) is 8.01. The van der Waals surface area contributed by atoms with E-state index < -0.39 is 0 Å². The highest BCUT2D eigenvalue weighted by Crippen LogP contribution is 2.35. The van der Waals surface area contributed by atoms with Gasteiger partial charge in [-0.1, -0.05) is 58.5 Å². The van der Waals surface area contributed by atoms with Crippen molar-refractivity contribution in [1.29, 1.82) is 0 Å². The number of rotatable bonds is 9. The van der Waals surface area contributed by atoms with E-state index in [2.05, 4.69) is 79.1 Å². The Bertz CT molecular complexity index is 1390. The summed E-state index contributed by atoms with van der Waals surface area (Å²) in [6.07, 6.45) is 2.19. The molecule has 1 aromatic heterocycles. The molecule has 3 aromatic rings. The first-order valence-corrected chi connectivity index (χ1v) is 13.1. The van der Waals surface area contributed by atoms with E-state index in [1.807, 2.05) is 24.3 Å². The van der Waals surface area contributed by atoms with Crippen LogP contribution in [0.1, 0.15) is 62.9 Å². The summed E-state index contributed by atoms with van der Waals surface area (Å²) < 4.78 is 5.82. The van der Waals surface area contributed by atoms with Gasteiger partial charge in [-0.05, 0) is 53.2 Å². The Kier molecular flexibility index (Phi) is 6.67.